The monoisotopic (exact) mass is 254 g/mol. The molecule has 0 bridgehead atoms. The first-order chi connectivity index (χ1) is 8.06. The lowest BCUT2D eigenvalue weighted by atomic mass is 10.1. The van der Waals surface area contributed by atoms with Crippen molar-refractivity contribution < 1.29 is 9.90 Å². The van der Waals surface area contributed by atoms with Crippen molar-refractivity contribution in [2.45, 2.75) is 18.6 Å². The molecule has 0 saturated carbocycles. The summed E-state index contributed by atoms with van der Waals surface area (Å²) < 4.78 is 0. The van der Waals surface area contributed by atoms with Gasteiger partial charge in [-0.25, -0.2) is 0 Å². The number of anilines is 1. The lowest BCUT2D eigenvalue weighted by molar-refractivity contribution is 0.0951. The number of hydrogen-bond donors (Lipinski definition) is 3. The smallest absolute Gasteiger partial charge is 0.255 e. The van der Waals surface area contributed by atoms with Gasteiger partial charge in [-0.3, -0.25) is 4.79 Å². The zero-order valence-corrected chi connectivity index (χ0v) is 10.9. The molecule has 0 aromatic heterocycles. The first-order valence-electron chi connectivity index (χ1n) is 5.44. The zero-order chi connectivity index (χ0) is 12.8. The van der Waals surface area contributed by atoms with Crippen molar-refractivity contribution in [2.24, 2.45) is 0 Å². The molecule has 0 fully saturated rings. The van der Waals surface area contributed by atoms with E-state index in [2.05, 4.69) is 12.2 Å². The second-order valence-corrected chi connectivity index (χ2v) is 5.11. The fourth-order valence-electron chi connectivity index (χ4n) is 1.35. The molecule has 1 aromatic carbocycles. The van der Waals surface area contributed by atoms with Crippen molar-refractivity contribution in [1.29, 1.82) is 0 Å². The summed E-state index contributed by atoms with van der Waals surface area (Å²) in [5, 5.41) is 12.9. The minimum Gasteiger partial charge on any atom is -0.505 e. The van der Waals surface area contributed by atoms with Gasteiger partial charge in [-0.2, -0.15) is 11.8 Å². The highest BCUT2D eigenvalue weighted by Gasteiger charge is 2.12. The Kier molecular flexibility index (Phi) is 5.15. The first-order valence-corrected chi connectivity index (χ1v) is 6.73. The molecule has 1 aromatic rings. The topological polar surface area (TPSA) is 75.4 Å². The van der Waals surface area contributed by atoms with Crippen molar-refractivity contribution in [3.63, 3.8) is 0 Å². The molecule has 0 aliphatic heterocycles. The average Bonchev–Trinajstić information content (AvgIpc) is 2.32. The van der Waals surface area contributed by atoms with Crippen LogP contribution in [0.25, 0.3) is 0 Å². The summed E-state index contributed by atoms with van der Waals surface area (Å²) in [6.45, 7) is 2.70. The van der Waals surface area contributed by atoms with Crippen LogP contribution < -0.4 is 11.1 Å². The molecule has 4 N–H and O–H groups in total. The van der Waals surface area contributed by atoms with Crippen LogP contribution in [0.3, 0.4) is 0 Å². The molecule has 0 spiro atoms. The maximum Gasteiger partial charge on any atom is 0.255 e. The SMILES string of the molecule is CSC(C)CCNC(=O)c1cccc(N)c1O. The van der Waals surface area contributed by atoms with Gasteiger partial charge in [-0.1, -0.05) is 13.0 Å². The number of phenols is 1. The van der Waals surface area contributed by atoms with Crippen molar-refractivity contribution in [1.82, 2.24) is 5.32 Å². The number of para-hydroxylation sites is 1. The maximum absolute atomic E-state index is 11.8. The molecule has 0 heterocycles. The van der Waals surface area contributed by atoms with E-state index in [0.717, 1.165) is 6.42 Å². The van der Waals surface area contributed by atoms with Gasteiger partial charge in [0.25, 0.3) is 5.91 Å². The molecule has 5 heteroatoms. The third kappa shape index (κ3) is 3.85. The number of aromatic hydroxyl groups is 1. The largest absolute Gasteiger partial charge is 0.505 e. The number of phenolic OH excluding ortho intramolecular Hbond substituents is 1. The number of amides is 1. The van der Waals surface area contributed by atoms with Crippen LogP contribution in [0.4, 0.5) is 5.69 Å². The van der Waals surface area contributed by atoms with E-state index < -0.39 is 0 Å². The van der Waals surface area contributed by atoms with Crippen LogP contribution in [0.15, 0.2) is 18.2 Å². The minimum absolute atomic E-state index is 0.150. The average molecular weight is 254 g/mol. The normalized spacial score (nSPS) is 12.1. The predicted octanol–water partition coefficient (Wildman–Crippen LogP) is 1.85. The predicted molar refractivity (Wildman–Crippen MR) is 72.4 cm³/mol. The van der Waals surface area contributed by atoms with Gasteiger partial charge in [0, 0.05) is 11.8 Å². The molecule has 0 radical (unpaired) electrons. The summed E-state index contributed by atoms with van der Waals surface area (Å²) in [6.07, 6.45) is 2.94. The van der Waals surface area contributed by atoms with Gasteiger partial charge in [-0.15, -0.1) is 0 Å². The number of hydrogen-bond acceptors (Lipinski definition) is 4. The van der Waals surface area contributed by atoms with Crippen LogP contribution in [-0.2, 0) is 0 Å². The lowest BCUT2D eigenvalue weighted by Crippen LogP contribution is -2.26. The molecule has 17 heavy (non-hydrogen) atoms. The fraction of sp³-hybridized carbons (Fsp3) is 0.417. The quantitative estimate of drug-likeness (QED) is 0.553. The number of nitrogens with two attached hydrogens (primary N) is 1. The van der Waals surface area contributed by atoms with Crippen molar-refractivity contribution in [3.05, 3.63) is 23.8 Å². The summed E-state index contributed by atoms with van der Waals surface area (Å²) in [5.74, 6) is -0.439. The van der Waals surface area contributed by atoms with E-state index in [1.807, 2.05) is 6.26 Å². The van der Waals surface area contributed by atoms with Gasteiger partial charge in [0.15, 0.2) is 5.75 Å². The van der Waals surface area contributed by atoms with Crippen molar-refractivity contribution in [2.75, 3.05) is 18.5 Å². The minimum atomic E-state index is -0.289. The van der Waals surface area contributed by atoms with E-state index in [1.165, 1.54) is 0 Å². The molecule has 4 nitrogen and oxygen atoms in total. The number of rotatable bonds is 5. The molecule has 94 valence electrons. The van der Waals surface area contributed by atoms with E-state index in [1.54, 1.807) is 30.0 Å². The first kappa shape index (κ1) is 13.7. The Hall–Kier alpha value is -1.36. The maximum atomic E-state index is 11.8. The third-order valence-electron chi connectivity index (χ3n) is 2.55. The Morgan fingerprint density at radius 2 is 2.29 bits per heavy atom. The molecular weight excluding hydrogens is 236 g/mol. The van der Waals surface area contributed by atoms with Crippen molar-refractivity contribution >= 4 is 23.4 Å². The number of nitrogen functional groups attached to an aromatic ring is 1. The summed E-state index contributed by atoms with van der Waals surface area (Å²) in [7, 11) is 0. The number of nitrogens with one attached hydrogen (secondary N) is 1. The van der Waals surface area contributed by atoms with Crippen molar-refractivity contribution in [3.8, 4) is 5.75 Å². The molecule has 1 atom stereocenters. The van der Waals surface area contributed by atoms with Crippen LogP contribution in [-0.4, -0.2) is 29.1 Å². The highest BCUT2D eigenvalue weighted by Crippen LogP contribution is 2.24. The van der Waals surface area contributed by atoms with Crippen LogP contribution in [0.1, 0.15) is 23.7 Å². The Morgan fingerprint density at radius 1 is 1.59 bits per heavy atom. The number of thioether (sulfide) groups is 1. The summed E-state index contributed by atoms with van der Waals surface area (Å²) in [5.41, 5.74) is 5.97. The summed E-state index contributed by atoms with van der Waals surface area (Å²) in [6, 6.07) is 4.76. The van der Waals surface area contributed by atoms with Gasteiger partial charge < -0.3 is 16.2 Å². The second kappa shape index (κ2) is 6.39. The van der Waals surface area contributed by atoms with E-state index in [4.69, 9.17) is 5.73 Å². The molecule has 1 rings (SSSR count). The van der Waals surface area contributed by atoms with E-state index in [0.29, 0.717) is 11.8 Å². The molecule has 0 aliphatic carbocycles. The Morgan fingerprint density at radius 3 is 2.94 bits per heavy atom. The summed E-state index contributed by atoms with van der Waals surface area (Å²) >= 11 is 1.76. The second-order valence-electron chi connectivity index (χ2n) is 3.83. The zero-order valence-electron chi connectivity index (χ0n) is 10.1. The lowest BCUT2D eigenvalue weighted by Gasteiger charge is -2.10. The molecule has 1 unspecified atom stereocenters. The summed E-state index contributed by atoms with van der Waals surface area (Å²) in [4.78, 5) is 11.8. The standard InChI is InChI=1S/C12H18N2O2S/c1-8(17-2)6-7-14-12(16)9-4-3-5-10(13)11(9)15/h3-5,8,15H,6-7,13H2,1-2H3,(H,14,16). The van der Waals surface area contributed by atoms with Gasteiger partial charge in [-0.05, 0) is 24.8 Å². The van der Waals surface area contributed by atoms with Gasteiger partial charge >= 0.3 is 0 Å². The number of carbonyl (C=O) groups is 1. The van der Waals surface area contributed by atoms with Gasteiger partial charge in [0.1, 0.15) is 0 Å². The Labute approximate surface area is 106 Å². The Bertz CT molecular complexity index is 396. The molecular formula is C12H18N2O2S. The fourth-order valence-corrected chi connectivity index (χ4v) is 1.70. The van der Waals surface area contributed by atoms with Crippen LogP contribution >= 0.6 is 11.8 Å². The molecule has 1 amide bonds. The highest BCUT2D eigenvalue weighted by molar-refractivity contribution is 7.99. The van der Waals surface area contributed by atoms with E-state index in [9.17, 15) is 9.90 Å². The number of benzene rings is 1. The van der Waals surface area contributed by atoms with E-state index >= 15 is 0 Å². The van der Waals surface area contributed by atoms with Gasteiger partial charge in [0.2, 0.25) is 0 Å². The van der Waals surface area contributed by atoms with Crippen LogP contribution in [0.5, 0.6) is 5.75 Å². The van der Waals surface area contributed by atoms with Gasteiger partial charge in [0.05, 0.1) is 11.3 Å². The molecule has 0 aliphatic rings. The Balaban J connectivity index is 2.56. The third-order valence-corrected chi connectivity index (χ3v) is 3.59. The highest BCUT2D eigenvalue weighted by atomic mass is 32.2. The molecule has 0 saturated heterocycles. The number of carbonyl (C=O) groups excluding carboxylic acids is 1. The van der Waals surface area contributed by atoms with Crippen LogP contribution in [0, 0.1) is 0 Å². The van der Waals surface area contributed by atoms with E-state index in [-0.39, 0.29) is 22.9 Å². The van der Waals surface area contributed by atoms with Crippen LogP contribution in [0.2, 0.25) is 0 Å².